The SMILES string of the molecule is CC.CC1CC(F)C2C(C1)CC(C)C2(F)F. The standard InChI is InChI=1S/C11H17F3.C2H6/c1-6-3-8-5-7(2)11(13,14)10(8)9(12)4-6;1-2/h6-10H,3-5H2,1-2H3;1-2H3. The Balaban J connectivity index is 0.000000606. The molecule has 16 heavy (non-hydrogen) atoms. The zero-order valence-electron chi connectivity index (χ0n) is 10.6. The summed E-state index contributed by atoms with van der Waals surface area (Å²) >= 11 is 0. The molecule has 0 aromatic heterocycles. The summed E-state index contributed by atoms with van der Waals surface area (Å²) in [6.07, 6.45) is 0.320. The fraction of sp³-hybridized carbons (Fsp3) is 1.00. The van der Waals surface area contributed by atoms with E-state index in [-0.39, 0.29) is 11.8 Å². The van der Waals surface area contributed by atoms with E-state index >= 15 is 0 Å². The molecule has 2 aliphatic carbocycles. The molecule has 0 spiro atoms. The van der Waals surface area contributed by atoms with Crippen molar-refractivity contribution in [3.05, 3.63) is 0 Å². The first-order valence-corrected chi connectivity index (χ1v) is 6.44. The fourth-order valence-electron chi connectivity index (χ4n) is 3.32. The molecule has 3 heteroatoms. The molecule has 2 rings (SSSR count). The lowest BCUT2D eigenvalue weighted by molar-refractivity contribution is -0.113. The monoisotopic (exact) mass is 236 g/mol. The van der Waals surface area contributed by atoms with Gasteiger partial charge in [0, 0.05) is 5.92 Å². The van der Waals surface area contributed by atoms with Gasteiger partial charge in [0.05, 0.1) is 5.92 Å². The van der Waals surface area contributed by atoms with E-state index in [4.69, 9.17) is 0 Å². The Kier molecular flexibility index (Phi) is 4.30. The summed E-state index contributed by atoms with van der Waals surface area (Å²) in [7, 11) is 0. The number of hydrogen-bond acceptors (Lipinski definition) is 0. The van der Waals surface area contributed by atoms with Gasteiger partial charge in [-0.25, -0.2) is 13.2 Å². The van der Waals surface area contributed by atoms with Gasteiger partial charge in [-0.2, -0.15) is 0 Å². The molecule has 5 unspecified atom stereocenters. The largest absolute Gasteiger partial charge is 0.256 e. The maximum absolute atomic E-state index is 13.6. The Morgan fingerprint density at radius 1 is 1.00 bits per heavy atom. The van der Waals surface area contributed by atoms with E-state index in [1.54, 1.807) is 6.92 Å². The summed E-state index contributed by atoms with van der Waals surface area (Å²) in [6.45, 7) is 7.51. The fourth-order valence-corrected chi connectivity index (χ4v) is 3.32. The maximum atomic E-state index is 13.6. The number of halogens is 3. The van der Waals surface area contributed by atoms with Crippen molar-refractivity contribution >= 4 is 0 Å². The predicted molar refractivity (Wildman–Crippen MR) is 60.4 cm³/mol. The molecule has 5 atom stereocenters. The molecule has 0 nitrogen and oxygen atoms in total. The summed E-state index contributed by atoms with van der Waals surface area (Å²) in [5.41, 5.74) is 0. The van der Waals surface area contributed by atoms with Gasteiger partial charge in [-0.05, 0) is 31.1 Å². The molecule has 2 saturated carbocycles. The minimum Gasteiger partial charge on any atom is -0.247 e. The van der Waals surface area contributed by atoms with Gasteiger partial charge in [-0.1, -0.05) is 27.7 Å². The van der Waals surface area contributed by atoms with E-state index in [2.05, 4.69) is 0 Å². The van der Waals surface area contributed by atoms with Crippen molar-refractivity contribution in [2.45, 2.75) is 59.1 Å². The van der Waals surface area contributed by atoms with Crippen LogP contribution in [0.4, 0.5) is 13.2 Å². The summed E-state index contributed by atoms with van der Waals surface area (Å²) in [6, 6.07) is 0. The quantitative estimate of drug-likeness (QED) is 0.572. The lowest BCUT2D eigenvalue weighted by Gasteiger charge is -2.35. The summed E-state index contributed by atoms with van der Waals surface area (Å²) in [4.78, 5) is 0. The predicted octanol–water partition coefficient (Wildman–Crippen LogP) is 4.69. The zero-order chi connectivity index (χ0) is 12.5. The van der Waals surface area contributed by atoms with E-state index in [1.165, 1.54) is 0 Å². The van der Waals surface area contributed by atoms with Crippen LogP contribution in [0.3, 0.4) is 0 Å². The third-order valence-corrected chi connectivity index (χ3v) is 3.99. The normalized spacial score (nSPS) is 45.6. The highest BCUT2D eigenvalue weighted by Crippen LogP contribution is 2.55. The van der Waals surface area contributed by atoms with Gasteiger partial charge in [0.2, 0.25) is 0 Å². The van der Waals surface area contributed by atoms with E-state index in [1.807, 2.05) is 20.8 Å². The van der Waals surface area contributed by atoms with Crippen LogP contribution in [0.15, 0.2) is 0 Å². The average Bonchev–Trinajstić information content (AvgIpc) is 2.40. The topological polar surface area (TPSA) is 0 Å². The average molecular weight is 236 g/mol. The molecule has 0 aliphatic heterocycles. The van der Waals surface area contributed by atoms with Crippen molar-refractivity contribution in [3.8, 4) is 0 Å². The molecule has 96 valence electrons. The first-order chi connectivity index (χ1) is 7.43. The summed E-state index contributed by atoms with van der Waals surface area (Å²) < 4.78 is 40.8. The molecule has 0 heterocycles. The van der Waals surface area contributed by atoms with Crippen molar-refractivity contribution in [2.24, 2.45) is 23.7 Å². The molecule has 0 amide bonds. The third-order valence-electron chi connectivity index (χ3n) is 3.99. The van der Waals surface area contributed by atoms with Crippen molar-refractivity contribution in [3.63, 3.8) is 0 Å². The van der Waals surface area contributed by atoms with Gasteiger partial charge in [0.25, 0.3) is 5.92 Å². The lowest BCUT2D eigenvalue weighted by Crippen LogP contribution is -2.40. The van der Waals surface area contributed by atoms with Crippen LogP contribution in [0.2, 0.25) is 0 Å². The Hall–Kier alpha value is -0.210. The molecule has 0 aromatic rings. The molecule has 0 saturated heterocycles. The van der Waals surface area contributed by atoms with E-state index in [0.29, 0.717) is 12.8 Å². The Morgan fingerprint density at radius 2 is 1.56 bits per heavy atom. The van der Waals surface area contributed by atoms with E-state index in [0.717, 1.165) is 6.42 Å². The van der Waals surface area contributed by atoms with Gasteiger partial charge in [-0.3, -0.25) is 0 Å². The van der Waals surface area contributed by atoms with Crippen LogP contribution in [0.5, 0.6) is 0 Å². The molecule has 0 N–H and O–H groups in total. The number of rotatable bonds is 0. The highest BCUT2D eigenvalue weighted by Gasteiger charge is 2.59. The van der Waals surface area contributed by atoms with Crippen molar-refractivity contribution in [2.75, 3.05) is 0 Å². The van der Waals surface area contributed by atoms with Gasteiger partial charge >= 0.3 is 0 Å². The molecule has 0 aromatic carbocycles. The number of hydrogen-bond donors (Lipinski definition) is 0. The van der Waals surface area contributed by atoms with Crippen LogP contribution in [-0.4, -0.2) is 12.1 Å². The zero-order valence-corrected chi connectivity index (χ0v) is 10.6. The van der Waals surface area contributed by atoms with Crippen molar-refractivity contribution in [1.82, 2.24) is 0 Å². The van der Waals surface area contributed by atoms with Crippen molar-refractivity contribution in [1.29, 1.82) is 0 Å². The van der Waals surface area contributed by atoms with Crippen LogP contribution < -0.4 is 0 Å². The maximum Gasteiger partial charge on any atom is 0.256 e. The highest BCUT2D eigenvalue weighted by molar-refractivity contribution is 5.01. The molecule has 0 bridgehead atoms. The Bertz CT molecular complexity index is 227. The molecule has 2 fully saturated rings. The van der Waals surface area contributed by atoms with Crippen LogP contribution >= 0.6 is 0 Å². The first-order valence-electron chi connectivity index (χ1n) is 6.44. The van der Waals surface area contributed by atoms with Gasteiger partial charge in [0.15, 0.2) is 0 Å². The van der Waals surface area contributed by atoms with Crippen molar-refractivity contribution < 1.29 is 13.2 Å². The third kappa shape index (κ3) is 2.23. The Morgan fingerprint density at radius 3 is 2.12 bits per heavy atom. The molecular formula is C13H23F3. The molecule has 2 aliphatic rings. The number of alkyl halides is 3. The Labute approximate surface area is 96.6 Å². The van der Waals surface area contributed by atoms with Crippen LogP contribution in [-0.2, 0) is 0 Å². The van der Waals surface area contributed by atoms with Gasteiger partial charge < -0.3 is 0 Å². The molecule has 0 radical (unpaired) electrons. The van der Waals surface area contributed by atoms with Crippen LogP contribution in [0.1, 0.15) is 47.0 Å². The van der Waals surface area contributed by atoms with E-state index < -0.39 is 23.9 Å². The van der Waals surface area contributed by atoms with Gasteiger partial charge in [0.1, 0.15) is 6.17 Å². The second-order valence-electron chi connectivity index (χ2n) is 5.19. The minimum absolute atomic E-state index is 0.0845. The minimum atomic E-state index is -2.77. The van der Waals surface area contributed by atoms with Crippen LogP contribution in [0, 0.1) is 23.7 Å². The molecular weight excluding hydrogens is 213 g/mol. The first kappa shape index (κ1) is 13.9. The van der Waals surface area contributed by atoms with Crippen LogP contribution in [0.25, 0.3) is 0 Å². The number of fused-ring (bicyclic) bond motifs is 1. The second-order valence-corrected chi connectivity index (χ2v) is 5.19. The smallest absolute Gasteiger partial charge is 0.247 e. The van der Waals surface area contributed by atoms with E-state index in [9.17, 15) is 13.2 Å². The summed E-state index contributed by atoms with van der Waals surface area (Å²) in [5, 5.41) is 0. The second kappa shape index (κ2) is 4.97. The summed E-state index contributed by atoms with van der Waals surface area (Å²) in [5.74, 6) is -4.22. The highest BCUT2D eigenvalue weighted by atomic mass is 19.3. The lowest BCUT2D eigenvalue weighted by atomic mass is 9.74. The van der Waals surface area contributed by atoms with Gasteiger partial charge in [-0.15, -0.1) is 0 Å².